The summed E-state index contributed by atoms with van der Waals surface area (Å²) in [5.74, 6) is 2.23. The van der Waals surface area contributed by atoms with E-state index in [1.165, 1.54) is 12.8 Å². The molecular formula is C74H73BBr2N20O6. The fourth-order valence-corrected chi connectivity index (χ4v) is 12.8. The number of carbonyl (C=O) groups is 4. The number of pyridine rings is 2. The number of aryl methyl sites for hydroxylation is 4. The largest absolute Gasteiger partial charge is 0.516 e. The van der Waals surface area contributed by atoms with Gasteiger partial charge in [-0.05, 0) is 170 Å². The first kappa shape index (κ1) is 69.2. The van der Waals surface area contributed by atoms with Gasteiger partial charge >= 0.3 is 7.12 Å². The van der Waals surface area contributed by atoms with Crippen molar-refractivity contribution >= 4 is 74.0 Å². The molecule has 13 heterocycles. The predicted molar refractivity (Wildman–Crippen MR) is 394 cm³/mol. The van der Waals surface area contributed by atoms with Gasteiger partial charge in [0.25, 0.3) is 23.6 Å². The number of benzene rings is 4. The Morgan fingerprint density at radius 1 is 0.466 bits per heavy atom. The van der Waals surface area contributed by atoms with Crippen LogP contribution in [-0.2, 0) is 63.7 Å². The van der Waals surface area contributed by atoms with Crippen LogP contribution >= 0.6 is 31.9 Å². The number of amides is 4. The molecule has 12 aromatic rings. The monoisotopic (exact) mass is 1510 g/mol. The molecule has 3 N–H and O–H groups in total. The van der Waals surface area contributed by atoms with Gasteiger partial charge in [0.15, 0.2) is 11.6 Å². The first-order valence-electron chi connectivity index (χ1n) is 33.7. The Morgan fingerprint density at radius 3 is 1.34 bits per heavy atom. The third-order valence-corrected chi connectivity index (χ3v) is 19.7. The summed E-state index contributed by atoms with van der Waals surface area (Å²) in [6.07, 6.45) is 15.8. The van der Waals surface area contributed by atoms with E-state index in [0.29, 0.717) is 49.6 Å². The molecule has 1 saturated heterocycles. The Balaban J connectivity index is 0.000000108. The molecule has 522 valence electrons. The highest BCUT2D eigenvalue weighted by molar-refractivity contribution is 9.10. The number of fused-ring (bicyclic) bond motifs is 4. The maximum atomic E-state index is 13.2. The zero-order valence-electron chi connectivity index (χ0n) is 57.9. The van der Waals surface area contributed by atoms with Crippen LogP contribution < -0.4 is 26.4 Å². The van der Waals surface area contributed by atoms with Crippen LogP contribution in [-0.4, -0.2) is 121 Å². The van der Waals surface area contributed by atoms with E-state index in [2.05, 4.69) is 103 Å². The third-order valence-electron chi connectivity index (χ3n) is 18.7. The SMILES string of the molecule is Brc1cccc(-c2nncn2C2CC2)n1.Cn1ccc(-c2ccc3c(c2)C(=O)N(c2cccc(-c4nncn4C4CC4)n2)C3)n1.Cn1ccc(-c2ccc3c(c2)C(=O)NC3)n1.Cn1ccc(-c2ccc3c(c2)C(=O)NC3)n1.Cn1ccc(B2OC(C)(C)C(C)(C)O2)n1.O=C1NCc2ccc(Br)cc21. The van der Waals surface area contributed by atoms with Crippen molar-refractivity contribution in [3.63, 3.8) is 0 Å². The number of hydrogen-bond donors (Lipinski definition) is 3. The van der Waals surface area contributed by atoms with Crippen LogP contribution in [0.3, 0.4) is 0 Å². The summed E-state index contributed by atoms with van der Waals surface area (Å²) in [6.45, 7) is 10.6. The molecule has 19 rings (SSSR count). The number of hydrogen-bond acceptors (Lipinski definition) is 16. The Kier molecular flexibility index (Phi) is 19.4. The van der Waals surface area contributed by atoms with E-state index >= 15 is 0 Å². The maximum absolute atomic E-state index is 13.2. The molecule has 103 heavy (non-hydrogen) atoms. The quantitative estimate of drug-likeness (QED) is 0.0894. The average molecular weight is 1510 g/mol. The van der Waals surface area contributed by atoms with E-state index < -0.39 is 0 Å². The van der Waals surface area contributed by atoms with Crippen molar-refractivity contribution in [1.82, 2.24) is 94.6 Å². The number of aromatic nitrogens is 16. The highest BCUT2D eigenvalue weighted by Gasteiger charge is 2.52. The molecule has 3 fully saturated rings. The lowest BCUT2D eigenvalue weighted by Gasteiger charge is -2.32. The van der Waals surface area contributed by atoms with Crippen LogP contribution in [0.1, 0.15) is 129 Å². The van der Waals surface area contributed by atoms with Gasteiger partial charge in [0.1, 0.15) is 34.5 Å². The summed E-state index contributed by atoms with van der Waals surface area (Å²) >= 11 is 6.67. The van der Waals surface area contributed by atoms with Gasteiger partial charge in [0.05, 0.1) is 40.4 Å². The Hall–Kier alpha value is -10.9. The second-order valence-corrected chi connectivity index (χ2v) is 28.5. The number of nitrogens with zero attached hydrogens (tertiary/aromatic N) is 17. The van der Waals surface area contributed by atoms with Crippen LogP contribution in [0.15, 0.2) is 180 Å². The minimum Gasteiger partial charge on any atom is -0.398 e. The summed E-state index contributed by atoms with van der Waals surface area (Å²) in [7, 11) is 7.17. The normalized spacial score (nSPS) is 16.0. The molecule has 0 radical (unpaired) electrons. The van der Waals surface area contributed by atoms with E-state index in [1.807, 2.05) is 214 Å². The second kappa shape index (κ2) is 28.9. The Morgan fingerprint density at radius 2 is 0.893 bits per heavy atom. The van der Waals surface area contributed by atoms with Gasteiger partial charge in [0, 0.05) is 128 Å². The number of anilines is 1. The van der Waals surface area contributed by atoms with E-state index in [-0.39, 0.29) is 41.9 Å². The summed E-state index contributed by atoms with van der Waals surface area (Å²) in [6, 6.07) is 43.8. The second-order valence-electron chi connectivity index (χ2n) is 26.8. The molecule has 0 bridgehead atoms. The zero-order chi connectivity index (χ0) is 71.8. The highest BCUT2D eigenvalue weighted by atomic mass is 79.9. The molecule has 4 amide bonds. The van der Waals surface area contributed by atoms with Crippen molar-refractivity contribution < 1.29 is 28.5 Å². The molecule has 29 heteroatoms. The zero-order valence-corrected chi connectivity index (χ0v) is 61.0. The molecule has 4 aromatic carbocycles. The molecule has 2 aliphatic carbocycles. The Bertz CT molecular complexity index is 5080. The van der Waals surface area contributed by atoms with Gasteiger partial charge in [-0.3, -0.25) is 42.8 Å². The van der Waals surface area contributed by atoms with Crippen molar-refractivity contribution in [3.8, 4) is 56.8 Å². The molecule has 5 aliphatic heterocycles. The standard InChI is InChI=1S/C22H19N7O.2C12H11N3O.C10H17BN2O2.C10H9BrN4.C8H6BrNO/c1-27-10-9-18(26-27)14-5-6-15-12-28(22(30)17(15)11-14)20-4-2-3-19(24-20)21-25-23-13-29(21)16-7-8-16;2*1-15-5-4-11(14-15)8-2-3-9-7-13-12(16)10(9)6-8;1-9(2)10(3,4)15-11(14-9)8-6-7-13(5)12-8;11-9-3-1-2-8(13-9)10-14-12-6-15(10)7-4-5-7;9-6-2-1-5-4-10-8(11)7(5)3-6/h2-6,9-11,13,16H,7-8,12H2,1H3;2*2-6H,7H2,1H3,(H,13,16);6-7H,1-5H3;1-3,6-7H,4-5H2;1-3H,4H2,(H,10,11). The van der Waals surface area contributed by atoms with Gasteiger partial charge in [-0.2, -0.15) is 20.4 Å². The number of halogens is 2. The topological polar surface area (TPSA) is 285 Å². The first-order valence-corrected chi connectivity index (χ1v) is 35.3. The van der Waals surface area contributed by atoms with Crippen molar-refractivity contribution in [2.75, 3.05) is 4.90 Å². The molecule has 7 aliphatic rings. The smallest absolute Gasteiger partial charge is 0.398 e. The predicted octanol–water partition coefficient (Wildman–Crippen LogP) is 10.7. The van der Waals surface area contributed by atoms with Crippen LogP contribution in [0.25, 0.3) is 56.8 Å². The fraction of sp³-hybridized carbons (Fsp3) is 0.270. The van der Waals surface area contributed by atoms with Gasteiger partial charge in [-0.25, -0.2) is 9.97 Å². The number of nitrogens with one attached hydrogen (secondary N) is 3. The minimum atomic E-state index is -0.351. The highest BCUT2D eigenvalue weighted by Crippen LogP contribution is 2.40. The first-order chi connectivity index (χ1) is 49.6. The lowest BCUT2D eigenvalue weighted by molar-refractivity contribution is 0.00578. The number of carbonyl (C=O) groups excluding carboxylic acids is 4. The summed E-state index contributed by atoms with van der Waals surface area (Å²) in [5.41, 5.74) is 14.6. The van der Waals surface area contributed by atoms with Gasteiger partial charge in [-0.15, -0.1) is 20.4 Å². The molecule has 0 atom stereocenters. The number of rotatable bonds is 9. The van der Waals surface area contributed by atoms with Crippen LogP contribution in [0.4, 0.5) is 5.82 Å². The van der Waals surface area contributed by atoms with Crippen LogP contribution in [0.5, 0.6) is 0 Å². The summed E-state index contributed by atoms with van der Waals surface area (Å²) in [4.78, 5) is 58.2. The van der Waals surface area contributed by atoms with Crippen LogP contribution in [0, 0.1) is 0 Å². The van der Waals surface area contributed by atoms with E-state index in [9.17, 15) is 19.2 Å². The fourth-order valence-electron chi connectivity index (χ4n) is 12.1. The molecule has 8 aromatic heterocycles. The van der Waals surface area contributed by atoms with E-state index in [0.717, 1.165) is 123 Å². The van der Waals surface area contributed by atoms with Crippen molar-refractivity contribution in [1.29, 1.82) is 0 Å². The lowest BCUT2D eigenvalue weighted by Crippen LogP contribution is -2.41. The van der Waals surface area contributed by atoms with E-state index in [4.69, 9.17) is 14.3 Å². The molecule has 26 nitrogen and oxygen atoms in total. The van der Waals surface area contributed by atoms with Crippen molar-refractivity contribution in [2.24, 2.45) is 28.2 Å². The van der Waals surface area contributed by atoms with E-state index in [1.54, 1.807) is 36.3 Å². The molecule has 0 spiro atoms. The van der Waals surface area contributed by atoms with Crippen LogP contribution in [0.2, 0.25) is 0 Å². The summed E-state index contributed by atoms with van der Waals surface area (Å²) in [5, 5.41) is 42.1. The Labute approximate surface area is 610 Å². The molecular weight excluding hydrogens is 1440 g/mol. The minimum absolute atomic E-state index is 0.00720. The summed E-state index contributed by atoms with van der Waals surface area (Å²) < 4.78 is 24.7. The maximum Gasteiger partial charge on any atom is 0.516 e. The lowest BCUT2D eigenvalue weighted by atomic mass is 9.85. The third kappa shape index (κ3) is 15.4. The average Bonchev–Trinajstić information content (AvgIpc) is 1.63. The van der Waals surface area contributed by atoms with Gasteiger partial charge < -0.3 is 34.4 Å². The molecule has 0 unspecified atom stereocenters. The van der Waals surface area contributed by atoms with Crippen molar-refractivity contribution in [2.45, 2.75) is 103 Å². The van der Waals surface area contributed by atoms with Gasteiger partial charge in [0.2, 0.25) is 0 Å². The van der Waals surface area contributed by atoms with Gasteiger partial charge in [-0.1, -0.05) is 70.5 Å². The molecule has 2 saturated carbocycles. The van der Waals surface area contributed by atoms with Crippen molar-refractivity contribution in [3.05, 3.63) is 224 Å².